The van der Waals surface area contributed by atoms with E-state index < -0.39 is 0 Å². The smallest absolute Gasteiger partial charge is 0.119 e. The molecular formula is C33H44O4. The second-order valence-electron chi connectivity index (χ2n) is 9.85. The molecule has 0 spiro atoms. The highest BCUT2D eigenvalue weighted by Gasteiger charge is 2.13. The zero-order valence-corrected chi connectivity index (χ0v) is 23.1. The van der Waals surface area contributed by atoms with E-state index in [0.29, 0.717) is 19.1 Å². The third kappa shape index (κ3) is 10.1. The van der Waals surface area contributed by atoms with Crippen molar-refractivity contribution in [3.05, 3.63) is 78.4 Å². The molecule has 200 valence electrons. The Hall–Kier alpha value is -2.98. The number of hydrogen-bond acceptors (Lipinski definition) is 4. The van der Waals surface area contributed by atoms with Gasteiger partial charge in [-0.15, -0.1) is 0 Å². The Balaban J connectivity index is 1.41. The summed E-state index contributed by atoms with van der Waals surface area (Å²) in [6, 6.07) is 24.7. The zero-order valence-electron chi connectivity index (χ0n) is 23.1. The Morgan fingerprint density at radius 3 is 1.78 bits per heavy atom. The molecule has 0 heterocycles. The van der Waals surface area contributed by atoms with Gasteiger partial charge in [0, 0.05) is 13.0 Å². The minimum absolute atomic E-state index is 0.0936. The molecule has 0 fully saturated rings. The van der Waals surface area contributed by atoms with E-state index in [9.17, 15) is 0 Å². The lowest BCUT2D eigenvalue weighted by molar-refractivity contribution is 0.0827. The maximum atomic E-state index is 6.05. The molecule has 0 saturated carbocycles. The van der Waals surface area contributed by atoms with Gasteiger partial charge in [-0.25, -0.2) is 0 Å². The van der Waals surface area contributed by atoms with Crippen molar-refractivity contribution in [3.63, 3.8) is 0 Å². The van der Waals surface area contributed by atoms with Crippen LogP contribution in [0.5, 0.6) is 17.2 Å². The van der Waals surface area contributed by atoms with Gasteiger partial charge in [0.15, 0.2) is 0 Å². The summed E-state index contributed by atoms with van der Waals surface area (Å²) in [4.78, 5) is 0. The first-order valence-corrected chi connectivity index (χ1v) is 13.8. The van der Waals surface area contributed by atoms with E-state index in [1.54, 1.807) is 7.11 Å². The molecule has 3 aromatic carbocycles. The summed E-state index contributed by atoms with van der Waals surface area (Å²) >= 11 is 0. The first kappa shape index (κ1) is 28.6. The van der Waals surface area contributed by atoms with Crippen LogP contribution in [0.15, 0.2) is 72.8 Å². The summed E-state index contributed by atoms with van der Waals surface area (Å²) < 4.78 is 23.2. The van der Waals surface area contributed by atoms with Crippen LogP contribution in [0.3, 0.4) is 0 Å². The van der Waals surface area contributed by atoms with E-state index in [1.807, 2.05) is 36.4 Å². The molecule has 2 atom stereocenters. The summed E-state index contributed by atoms with van der Waals surface area (Å²) in [6.45, 7) is 8.47. The van der Waals surface area contributed by atoms with Gasteiger partial charge in [-0.3, -0.25) is 0 Å². The predicted octanol–water partition coefficient (Wildman–Crippen LogP) is 8.72. The third-order valence-corrected chi connectivity index (χ3v) is 6.69. The van der Waals surface area contributed by atoms with Gasteiger partial charge >= 0.3 is 0 Å². The molecule has 0 saturated heterocycles. The molecule has 4 heteroatoms. The highest BCUT2D eigenvalue weighted by Crippen LogP contribution is 2.26. The Morgan fingerprint density at radius 1 is 0.622 bits per heavy atom. The van der Waals surface area contributed by atoms with Crippen molar-refractivity contribution < 1.29 is 18.9 Å². The summed E-state index contributed by atoms with van der Waals surface area (Å²) in [5, 5.41) is 0. The fraction of sp³-hybridized carbons (Fsp3) is 0.455. The molecular weight excluding hydrogens is 460 g/mol. The van der Waals surface area contributed by atoms with E-state index in [0.717, 1.165) is 47.0 Å². The van der Waals surface area contributed by atoms with Crippen molar-refractivity contribution >= 4 is 0 Å². The van der Waals surface area contributed by atoms with Crippen molar-refractivity contribution in [2.24, 2.45) is 5.92 Å². The summed E-state index contributed by atoms with van der Waals surface area (Å²) in [5.41, 5.74) is 3.42. The Bertz CT molecular complexity index is 996. The van der Waals surface area contributed by atoms with Crippen molar-refractivity contribution in [1.29, 1.82) is 0 Å². The van der Waals surface area contributed by atoms with E-state index in [-0.39, 0.29) is 6.10 Å². The van der Waals surface area contributed by atoms with Crippen LogP contribution in [-0.4, -0.2) is 26.4 Å². The van der Waals surface area contributed by atoms with Crippen LogP contribution in [0.2, 0.25) is 0 Å². The van der Waals surface area contributed by atoms with Crippen LogP contribution >= 0.6 is 0 Å². The van der Waals surface area contributed by atoms with E-state index in [4.69, 9.17) is 18.9 Å². The average Bonchev–Trinajstić information content (AvgIpc) is 2.93. The van der Waals surface area contributed by atoms with Crippen LogP contribution < -0.4 is 14.2 Å². The van der Waals surface area contributed by atoms with Crippen molar-refractivity contribution in [2.75, 3.05) is 20.3 Å². The number of unbranched alkanes of at least 4 members (excludes halogenated alkanes) is 5. The van der Waals surface area contributed by atoms with Gasteiger partial charge in [-0.1, -0.05) is 82.3 Å². The van der Waals surface area contributed by atoms with Gasteiger partial charge < -0.3 is 18.9 Å². The fourth-order valence-corrected chi connectivity index (χ4v) is 4.12. The molecule has 3 aromatic rings. The Kier molecular flexibility index (Phi) is 12.4. The first-order valence-electron chi connectivity index (χ1n) is 13.8. The summed E-state index contributed by atoms with van der Waals surface area (Å²) in [6.07, 6.45) is 7.74. The van der Waals surface area contributed by atoms with Crippen molar-refractivity contribution in [2.45, 2.75) is 72.0 Å². The lowest BCUT2D eigenvalue weighted by Gasteiger charge is -2.21. The molecule has 3 rings (SSSR count). The number of ether oxygens (including phenoxy) is 4. The van der Waals surface area contributed by atoms with Gasteiger partial charge in [-0.05, 0) is 66.4 Å². The Labute approximate surface area is 223 Å². The van der Waals surface area contributed by atoms with Crippen LogP contribution in [-0.2, 0) is 11.3 Å². The first-order chi connectivity index (χ1) is 18.1. The molecule has 0 radical (unpaired) electrons. The van der Waals surface area contributed by atoms with Crippen molar-refractivity contribution in [3.8, 4) is 28.4 Å². The molecule has 0 amide bonds. The number of rotatable bonds is 17. The number of benzene rings is 3. The molecule has 0 aliphatic rings. The second kappa shape index (κ2) is 16.0. The standard InChI is InChI=1S/C33H44O4/c1-5-6-7-8-9-10-23-35-31-17-11-28(12-18-31)25-36-32-19-13-29(14-20-32)30-15-21-33(22-16-30)37-27(3)26(2)24-34-4/h11-22,26-27H,5-10,23-25H2,1-4H3/t26-,27-/m1/s1. The minimum Gasteiger partial charge on any atom is -0.494 e. The summed E-state index contributed by atoms with van der Waals surface area (Å²) in [7, 11) is 1.72. The monoisotopic (exact) mass is 504 g/mol. The molecule has 37 heavy (non-hydrogen) atoms. The maximum Gasteiger partial charge on any atom is 0.119 e. The molecule has 0 N–H and O–H groups in total. The molecule has 0 aliphatic heterocycles. The SMILES string of the molecule is CCCCCCCCOc1ccc(COc2ccc(-c3ccc(O[C@H](C)[C@H](C)COC)cc3)cc2)cc1. The highest BCUT2D eigenvalue weighted by atomic mass is 16.5. The van der Waals surface area contributed by atoms with Gasteiger partial charge in [-0.2, -0.15) is 0 Å². The Morgan fingerprint density at radius 2 is 1.16 bits per heavy atom. The highest BCUT2D eigenvalue weighted by molar-refractivity contribution is 5.64. The molecule has 0 aromatic heterocycles. The van der Waals surface area contributed by atoms with Gasteiger partial charge in [0.25, 0.3) is 0 Å². The minimum atomic E-state index is 0.0936. The zero-order chi connectivity index (χ0) is 26.3. The van der Waals surface area contributed by atoms with Crippen LogP contribution in [0.4, 0.5) is 0 Å². The molecule has 4 nitrogen and oxygen atoms in total. The van der Waals surface area contributed by atoms with E-state index >= 15 is 0 Å². The molecule has 0 aliphatic carbocycles. The normalized spacial score (nSPS) is 12.6. The maximum absolute atomic E-state index is 6.05. The summed E-state index contributed by atoms with van der Waals surface area (Å²) in [5.74, 6) is 2.99. The van der Waals surface area contributed by atoms with Gasteiger partial charge in [0.1, 0.15) is 30.0 Å². The average molecular weight is 505 g/mol. The lowest BCUT2D eigenvalue weighted by atomic mass is 10.1. The van der Waals surface area contributed by atoms with Gasteiger partial charge in [0.05, 0.1) is 13.2 Å². The van der Waals surface area contributed by atoms with Crippen LogP contribution in [0.1, 0.15) is 64.9 Å². The molecule has 0 unspecified atom stereocenters. The second-order valence-corrected chi connectivity index (χ2v) is 9.85. The predicted molar refractivity (Wildman–Crippen MR) is 153 cm³/mol. The van der Waals surface area contributed by atoms with E-state index in [2.05, 4.69) is 57.2 Å². The van der Waals surface area contributed by atoms with E-state index in [1.165, 1.54) is 32.1 Å². The fourth-order valence-electron chi connectivity index (χ4n) is 4.12. The molecule has 0 bridgehead atoms. The number of hydrogen-bond donors (Lipinski definition) is 0. The van der Waals surface area contributed by atoms with Crippen LogP contribution in [0, 0.1) is 5.92 Å². The van der Waals surface area contributed by atoms with Crippen LogP contribution in [0.25, 0.3) is 11.1 Å². The largest absolute Gasteiger partial charge is 0.494 e. The third-order valence-electron chi connectivity index (χ3n) is 6.69. The lowest BCUT2D eigenvalue weighted by Crippen LogP contribution is -2.24. The van der Waals surface area contributed by atoms with Crippen molar-refractivity contribution in [1.82, 2.24) is 0 Å². The van der Waals surface area contributed by atoms with Gasteiger partial charge in [0.2, 0.25) is 0 Å². The topological polar surface area (TPSA) is 36.9 Å². The quantitative estimate of drug-likeness (QED) is 0.172. The number of methoxy groups -OCH3 is 1.